The van der Waals surface area contributed by atoms with E-state index < -0.39 is 0 Å². The predicted molar refractivity (Wildman–Crippen MR) is 103 cm³/mol. The van der Waals surface area contributed by atoms with Gasteiger partial charge >= 0.3 is 0 Å². The van der Waals surface area contributed by atoms with Crippen LogP contribution >= 0.6 is 15.9 Å². The van der Waals surface area contributed by atoms with Crippen molar-refractivity contribution in [2.45, 2.75) is 13.0 Å². The number of amides is 2. The molecule has 28 heavy (non-hydrogen) atoms. The smallest absolute Gasteiger partial charge is 0.257 e. The van der Waals surface area contributed by atoms with Crippen molar-refractivity contribution in [3.63, 3.8) is 0 Å². The highest BCUT2D eigenvalue weighted by Crippen LogP contribution is 2.49. The van der Waals surface area contributed by atoms with Gasteiger partial charge in [0.05, 0.1) is 18.2 Å². The Bertz CT molecular complexity index is 979. The summed E-state index contributed by atoms with van der Waals surface area (Å²) in [6.45, 7) is 0.806. The zero-order valence-corrected chi connectivity index (χ0v) is 17.0. The van der Waals surface area contributed by atoms with Gasteiger partial charge < -0.3 is 24.4 Å². The zero-order valence-electron chi connectivity index (χ0n) is 15.4. The standard InChI is InChI=1S/C19H18BrN3O5/c1-23-4-3-12-13(8-22-18(24)10-5-11(20)7-21-6-10)15-17(28-9-27-15)16(26-2)14(12)19(23)25/h5-7H,3-4,8-9H2,1-2H3,(H,22,24). The molecular weight excluding hydrogens is 430 g/mol. The number of hydrogen-bond acceptors (Lipinski definition) is 6. The molecule has 0 spiro atoms. The Morgan fingerprint density at radius 3 is 2.89 bits per heavy atom. The summed E-state index contributed by atoms with van der Waals surface area (Å²) >= 11 is 3.31. The third-order valence-corrected chi connectivity index (χ3v) is 5.27. The minimum atomic E-state index is -0.273. The van der Waals surface area contributed by atoms with Crippen molar-refractivity contribution < 1.29 is 23.8 Å². The Labute approximate surface area is 169 Å². The van der Waals surface area contributed by atoms with Crippen LogP contribution in [-0.4, -0.2) is 49.2 Å². The van der Waals surface area contributed by atoms with Gasteiger partial charge in [-0.25, -0.2) is 0 Å². The summed E-state index contributed by atoms with van der Waals surface area (Å²) < 4.78 is 17.4. The molecule has 0 bridgehead atoms. The maximum Gasteiger partial charge on any atom is 0.257 e. The monoisotopic (exact) mass is 447 g/mol. The topological polar surface area (TPSA) is 90.0 Å². The van der Waals surface area contributed by atoms with Crippen LogP contribution in [0.1, 0.15) is 31.8 Å². The number of hydrogen-bond donors (Lipinski definition) is 1. The molecule has 1 aromatic heterocycles. The first-order chi connectivity index (χ1) is 13.5. The minimum Gasteiger partial charge on any atom is -0.492 e. The van der Waals surface area contributed by atoms with Crippen LogP contribution < -0.4 is 19.5 Å². The Kier molecular flexibility index (Phi) is 4.84. The fraction of sp³-hybridized carbons (Fsp3) is 0.316. The van der Waals surface area contributed by atoms with Crippen molar-refractivity contribution in [3.05, 3.63) is 45.2 Å². The number of carbonyl (C=O) groups excluding carboxylic acids is 2. The lowest BCUT2D eigenvalue weighted by atomic mass is 9.91. The lowest BCUT2D eigenvalue weighted by Gasteiger charge is -2.29. The molecule has 0 radical (unpaired) electrons. The van der Waals surface area contributed by atoms with Gasteiger partial charge in [-0.05, 0) is 34.0 Å². The fourth-order valence-electron chi connectivity index (χ4n) is 3.47. The molecule has 0 unspecified atom stereocenters. The Hall–Kier alpha value is -2.81. The van der Waals surface area contributed by atoms with Crippen molar-refractivity contribution in [1.82, 2.24) is 15.2 Å². The Morgan fingerprint density at radius 1 is 1.36 bits per heavy atom. The van der Waals surface area contributed by atoms with Crippen LogP contribution in [0.3, 0.4) is 0 Å². The third kappa shape index (κ3) is 3.05. The molecular formula is C19H18BrN3O5. The summed E-state index contributed by atoms with van der Waals surface area (Å²) in [4.78, 5) is 31.0. The second-order valence-electron chi connectivity index (χ2n) is 6.48. The van der Waals surface area contributed by atoms with Gasteiger partial charge in [-0.3, -0.25) is 14.6 Å². The lowest BCUT2D eigenvalue weighted by Crippen LogP contribution is -2.36. The number of nitrogens with zero attached hydrogens (tertiary/aromatic N) is 2. The van der Waals surface area contributed by atoms with Gasteiger partial charge in [0.15, 0.2) is 11.5 Å². The summed E-state index contributed by atoms with van der Waals surface area (Å²) in [5, 5.41) is 2.88. The molecule has 4 rings (SSSR count). The highest BCUT2D eigenvalue weighted by molar-refractivity contribution is 9.10. The van der Waals surface area contributed by atoms with Crippen molar-refractivity contribution >= 4 is 27.7 Å². The number of pyridine rings is 1. The van der Waals surface area contributed by atoms with Crippen LogP contribution in [0.2, 0.25) is 0 Å². The number of halogens is 1. The number of fused-ring (bicyclic) bond motifs is 2. The fourth-order valence-corrected chi connectivity index (χ4v) is 3.84. The third-order valence-electron chi connectivity index (χ3n) is 4.84. The van der Waals surface area contributed by atoms with E-state index in [9.17, 15) is 9.59 Å². The van der Waals surface area contributed by atoms with Crippen LogP contribution in [0, 0.1) is 0 Å². The second-order valence-corrected chi connectivity index (χ2v) is 7.40. The van der Waals surface area contributed by atoms with E-state index in [2.05, 4.69) is 26.2 Å². The van der Waals surface area contributed by atoms with E-state index in [1.807, 2.05) is 0 Å². The van der Waals surface area contributed by atoms with Crippen molar-refractivity contribution in [2.24, 2.45) is 0 Å². The van der Waals surface area contributed by atoms with Crippen LogP contribution in [0.5, 0.6) is 17.2 Å². The summed E-state index contributed by atoms with van der Waals surface area (Å²) in [5.74, 6) is 0.884. The number of carbonyl (C=O) groups is 2. The average molecular weight is 448 g/mol. The first kappa shape index (κ1) is 18.5. The maximum absolute atomic E-state index is 12.8. The number of ether oxygens (including phenoxy) is 3. The SMILES string of the molecule is COc1c2c(c(CNC(=O)c3cncc(Br)c3)c3c1C(=O)N(C)CC3)OCO2. The minimum absolute atomic E-state index is 0.0368. The molecule has 1 N–H and O–H groups in total. The number of methoxy groups -OCH3 is 1. The van der Waals surface area contributed by atoms with Gasteiger partial charge in [0, 0.05) is 42.6 Å². The maximum atomic E-state index is 12.8. The van der Waals surface area contributed by atoms with E-state index in [0.29, 0.717) is 45.8 Å². The summed E-state index contributed by atoms with van der Waals surface area (Å²) in [6.07, 6.45) is 3.73. The first-order valence-corrected chi connectivity index (χ1v) is 9.46. The number of rotatable bonds is 4. The molecule has 2 aromatic rings. The largest absolute Gasteiger partial charge is 0.492 e. The molecule has 0 atom stereocenters. The van der Waals surface area contributed by atoms with Gasteiger partial charge in [0.2, 0.25) is 12.5 Å². The second kappa shape index (κ2) is 7.31. The number of benzene rings is 1. The predicted octanol–water partition coefficient (Wildman–Crippen LogP) is 2.14. The first-order valence-electron chi connectivity index (χ1n) is 8.66. The Balaban J connectivity index is 1.72. The van der Waals surface area contributed by atoms with E-state index >= 15 is 0 Å². The molecule has 9 heteroatoms. The van der Waals surface area contributed by atoms with Gasteiger partial charge in [-0.2, -0.15) is 0 Å². The van der Waals surface area contributed by atoms with E-state index in [-0.39, 0.29) is 25.2 Å². The molecule has 2 aliphatic rings. The van der Waals surface area contributed by atoms with Crippen LogP contribution in [0.25, 0.3) is 0 Å². The highest BCUT2D eigenvalue weighted by atomic mass is 79.9. The van der Waals surface area contributed by atoms with Crippen molar-refractivity contribution in [3.8, 4) is 17.2 Å². The van der Waals surface area contributed by atoms with Gasteiger partial charge in [0.25, 0.3) is 11.8 Å². The normalized spacial score (nSPS) is 14.7. The van der Waals surface area contributed by atoms with E-state index in [1.54, 1.807) is 24.2 Å². The van der Waals surface area contributed by atoms with Gasteiger partial charge in [-0.15, -0.1) is 0 Å². The number of aromatic nitrogens is 1. The Morgan fingerprint density at radius 2 is 2.14 bits per heavy atom. The van der Waals surface area contributed by atoms with Gasteiger partial charge in [-0.1, -0.05) is 0 Å². The molecule has 146 valence electrons. The number of likely N-dealkylation sites (N-methyl/N-ethyl adjacent to an activating group) is 1. The summed E-state index contributed by atoms with van der Waals surface area (Å²) in [6, 6.07) is 1.69. The van der Waals surface area contributed by atoms with Crippen molar-refractivity contribution in [2.75, 3.05) is 27.5 Å². The number of nitrogens with one attached hydrogen (secondary N) is 1. The molecule has 8 nitrogen and oxygen atoms in total. The van der Waals surface area contributed by atoms with Crippen molar-refractivity contribution in [1.29, 1.82) is 0 Å². The average Bonchev–Trinajstić information content (AvgIpc) is 3.17. The quantitative estimate of drug-likeness (QED) is 0.771. The zero-order chi connectivity index (χ0) is 19.8. The summed E-state index contributed by atoms with van der Waals surface area (Å²) in [5.41, 5.74) is 2.45. The van der Waals surface area contributed by atoms with E-state index in [1.165, 1.54) is 13.3 Å². The summed E-state index contributed by atoms with van der Waals surface area (Å²) in [7, 11) is 3.25. The highest BCUT2D eigenvalue weighted by Gasteiger charge is 2.36. The molecule has 1 aromatic carbocycles. The molecule has 0 fully saturated rings. The molecule has 0 aliphatic carbocycles. The van der Waals surface area contributed by atoms with Crippen LogP contribution in [0.15, 0.2) is 22.9 Å². The van der Waals surface area contributed by atoms with Gasteiger partial charge in [0.1, 0.15) is 0 Å². The van der Waals surface area contributed by atoms with Crippen LogP contribution in [-0.2, 0) is 13.0 Å². The van der Waals surface area contributed by atoms with Crippen LogP contribution in [0.4, 0.5) is 0 Å². The molecule has 0 saturated heterocycles. The molecule has 2 aliphatic heterocycles. The van der Waals surface area contributed by atoms with E-state index in [0.717, 1.165) is 11.1 Å². The van der Waals surface area contributed by atoms with E-state index in [4.69, 9.17) is 14.2 Å². The lowest BCUT2D eigenvalue weighted by molar-refractivity contribution is 0.0775. The molecule has 0 saturated carbocycles. The molecule has 3 heterocycles. The molecule has 2 amide bonds.